The van der Waals surface area contributed by atoms with Crippen LogP contribution in [0.4, 0.5) is 0 Å². The zero-order valence-electron chi connectivity index (χ0n) is 7.03. The molecule has 2 heterocycles. The van der Waals surface area contributed by atoms with Crippen LogP contribution in [-0.2, 0) is 12.8 Å². The van der Waals surface area contributed by atoms with Gasteiger partial charge in [0.05, 0.1) is 5.69 Å². The van der Waals surface area contributed by atoms with Gasteiger partial charge in [0.1, 0.15) is 6.33 Å². The molecule has 0 N–H and O–H groups in total. The zero-order valence-corrected chi connectivity index (χ0v) is 7.84. The summed E-state index contributed by atoms with van der Waals surface area (Å²) in [5.41, 5.74) is 3.74. The molecule has 0 radical (unpaired) electrons. The Bertz CT molecular complexity index is 448. The predicted molar refractivity (Wildman–Crippen MR) is 52.8 cm³/mol. The van der Waals surface area contributed by atoms with Crippen LogP contribution in [-0.4, -0.2) is 9.97 Å². The molecule has 3 heteroatoms. The van der Waals surface area contributed by atoms with E-state index in [4.69, 9.17) is 0 Å². The number of nitrogens with zero attached hydrogens (tertiary/aromatic N) is 2. The molecule has 13 heavy (non-hydrogen) atoms. The Balaban J connectivity index is 2.30. The number of rotatable bonds is 0. The Morgan fingerprint density at radius 2 is 2.31 bits per heavy atom. The van der Waals surface area contributed by atoms with Gasteiger partial charge in [-0.2, -0.15) is 0 Å². The lowest BCUT2D eigenvalue weighted by atomic mass is 9.97. The summed E-state index contributed by atoms with van der Waals surface area (Å²) < 4.78 is 0. The van der Waals surface area contributed by atoms with Gasteiger partial charge < -0.3 is 0 Å². The molecule has 0 spiro atoms. The van der Waals surface area contributed by atoms with Crippen LogP contribution in [0.5, 0.6) is 0 Å². The minimum absolute atomic E-state index is 1.09. The Hall–Kier alpha value is -1.22. The summed E-state index contributed by atoms with van der Waals surface area (Å²) in [7, 11) is 0. The monoisotopic (exact) mass is 188 g/mol. The maximum Gasteiger partial charge on any atom is 0.116 e. The third-order valence-corrected chi connectivity index (χ3v) is 3.39. The van der Waals surface area contributed by atoms with Gasteiger partial charge in [0.25, 0.3) is 0 Å². The molecule has 0 aliphatic heterocycles. The van der Waals surface area contributed by atoms with Gasteiger partial charge in [0.15, 0.2) is 0 Å². The van der Waals surface area contributed by atoms with Crippen molar-refractivity contribution >= 4 is 11.3 Å². The third-order valence-electron chi connectivity index (χ3n) is 2.41. The van der Waals surface area contributed by atoms with Gasteiger partial charge in [-0.1, -0.05) is 0 Å². The van der Waals surface area contributed by atoms with Crippen molar-refractivity contribution in [1.82, 2.24) is 9.97 Å². The van der Waals surface area contributed by atoms with Crippen LogP contribution in [0.2, 0.25) is 0 Å². The van der Waals surface area contributed by atoms with E-state index in [2.05, 4.69) is 21.4 Å². The first kappa shape index (κ1) is 7.21. The smallest absolute Gasteiger partial charge is 0.116 e. The molecule has 0 fully saturated rings. The highest BCUT2D eigenvalue weighted by atomic mass is 32.1. The van der Waals surface area contributed by atoms with E-state index >= 15 is 0 Å². The standard InChI is InChI=1S/C10H8N2S/c1-2-9-8(3-4-13-9)10-7(1)5-11-6-12-10/h3-6H,1-2H2. The number of hydrogen-bond donors (Lipinski definition) is 0. The number of hydrogen-bond acceptors (Lipinski definition) is 3. The van der Waals surface area contributed by atoms with Crippen LogP contribution in [0.25, 0.3) is 11.3 Å². The van der Waals surface area contributed by atoms with E-state index < -0.39 is 0 Å². The van der Waals surface area contributed by atoms with Crippen molar-refractivity contribution in [3.05, 3.63) is 34.4 Å². The van der Waals surface area contributed by atoms with Gasteiger partial charge in [0.2, 0.25) is 0 Å². The molecular weight excluding hydrogens is 180 g/mol. The van der Waals surface area contributed by atoms with Crippen LogP contribution in [0.3, 0.4) is 0 Å². The Morgan fingerprint density at radius 1 is 1.31 bits per heavy atom. The molecule has 0 saturated heterocycles. The van der Waals surface area contributed by atoms with Gasteiger partial charge in [-0.3, -0.25) is 0 Å². The lowest BCUT2D eigenvalue weighted by Crippen LogP contribution is -2.03. The van der Waals surface area contributed by atoms with Gasteiger partial charge in [0, 0.05) is 16.6 Å². The molecular formula is C10H8N2S. The predicted octanol–water partition coefficient (Wildman–Crippen LogP) is 2.30. The van der Waals surface area contributed by atoms with Gasteiger partial charge in [-0.25, -0.2) is 9.97 Å². The Labute approximate surface area is 80.3 Å². The molecule has 2 nitrogen and oxygen atoms in total. The highest BCUT2D eigenvalue weighted by Gasteiger charge is 2.17. The topological polar surface area (TPSA) is 25.8 Å². The first-order valence-corrected chi connectivity index (χ1v) is 5.19. The summed E-state index contributed by atoms with van der Waals surface area (Å²) in [5, 5.41) is 2.14. The van der Waals surface area contributed by atoms with E-state index in [1.807, 2.05) is 17.5 Å². The molecule has 0 unspecified atom stereocenters. The molecule has 1 aliphatic carbocycles. The lowest BCUT2D eigenvalue weighted by Gasteiger charge is -2.13. The second-order valence-electron chi connectivity index (χ2n) is 3.15. The molecule has 0 atom stereocenters. The largest absolute Gasteiger partial charge is 0.244 e. The summed E-state index contributed by atoms with van der Waals surface area (Å²) in [6.07, 6.45) is 5.80. The first-order chi connectivity index (χ1) is 6.45. The summed E-state index contributed by atoms with van der Waals surface area (Å²) in [6.45, 7) is 0. The van der Waals surface area contributed by atoms with E-state index in [9.17, 15) is 0 Å². The molecule has 2 aromatic heterocycles. The zero-order chi connectivity index (χ0) is 8.67. The summed E-state index contributed by atoms with van der Waals surface area (Å²) in [6, 6.07) is 2.16. The molecule has 0 amide bonds. The van der Waals surface area contributed by atoms with Gasteiger partial charge >= 0.3 is 0 Å². The molecule has 2 aromatic rings. The lowest BCUT2D eigenvalue weighted by molar-refractivity contribution is 0.928. The SMILES string of the molecule is c1ncc2c(n1)-c1ccsc1CC2. The van der Waals surface area contributed by atoms with Crippen LogP contribution in [0.1, 0.15) is 10.4 Å². The van der Waals surface area contributed by atoms with E-state index in [0.717, 1.165) is 18.5 Å². The molecule has 3 rings (SSSR count). The molecule has 0 saturated carbocycles. The summed E-state index contributed by atoms with van der Waals surface area (Å²) >= 11 is 1.83. The minimum Gasteiger partial charge on any atom is -0.244 e. The maximum atomic E-state index is 4.33. The fourth-order valence-electron chi connectivity index (χ4n) is 1.78. The molecule has 1 aliphatic rings. The normalized spacial score (nSPS) is 13.5. The fraction of sp³-hybridized carbons (Fsp3) is 0.200. The van der Waals surface area contributed by atoms with Crippen molar-refractivity contribution in [3.8, 4) is 11.3 Å². The van der Waals surface area contributed by atoms with Crippen molar-refractivity contribution in [2.24, 2.45) is 0 Å². The first-order valence-electron chi connectivity index (χ1n) is 4.31. The van der Waals surface area contributed by atoms with Crippen LogP contribution >= 0.6 is 11.3 Å². The fourth-order valence-corrected chi connectivity index (χ4v) is 2.66. The van der Waals surface area contributed by atoms with Crippen molar-refractivity contribution < 1.29 is 0 Å². The Morgan fingerprint density at radius 3 is 3.31 bits per heavy atom. The molecule has 64 valence electrons. The van der Waals surface area contributed by atoms with Crippen molar-refractivity contribution in [1.29, 1.82) is 0 Å². The minimum atomic E-state index is 1.09. The summed E-state index contributed by atoms with van der Waals surface area (Å²) in [5.74, 6) is 0. The van der Waals surface area contributed by atoms with Crippen LogP contribution in [0.15, 0.2) is 24.0 Å². The summed E-state index contributed by atoms with van der Waals surface area (Å²) in [4.78, 5) is 9.84. The van der Waals surface area contributed by atoms with E-state index in [-0.39, 0.29) is 0 Å². The second kappa shape index (κ2) is 2.64. The van der Waals surface area contributed by atoms with E-state index in [0.29, 0.717) is 0 Å². The van der Waals surface area contributed by atoms with Gasteiger partial charge in [-0.15, -0.1) is 11.3 Å². The van der Waals surface area contributed by atoms with E-state index in [1.54, 1.807) is 6.33 Å². The molecule has 0 bridgehead atoms. The van der Waals surface area contributed by atoms with Crippen LogP contribution < -0.4 is 0 Å². The Kier molecular flexibility index (Phi) is 1.46. The van der Waals surface area contributed by atoms with Gasteiger partial charge in [-0.05, 0) is 29.9 Å². The average Bonchev–Trinajstić information content (AvgIpc) is 2.65. The third kappa shape index (κ3) is 1.00. The van der Waals surface area contributed by atoms with Crippen LogP contribution in [0, 0.1) is 0 Å². The number of fused-ring (bicyclic) bond motifs is 3. The number of thiophene rings is 1. The highest BCUT2D eigenvalue weighted by Crippen LogP contribution is 2.34. The van der Waals surface area contributed by atoms with Crippen molar-refractivity contribution in [3.63, 3.8) is 0 Å². The average molecular weight is 188 g/mol. The van der Waals surface area contributed by atoms with Crippen molar-refractivity contribution in [2.45, 2.75) is 12.8 Å². The highest BCUT2D eigenvalue weighted by molar-refractivity contribution is 7.10. The maximum absolute atomic E-state index is 4.33. The second-order valence-corrected chi connectivity index (χ2v) is 4.15. The molecule has 0 aromatic carbocycles. The van der Waals surface area contributed by atoms with Crippen molar-refractivity contribution in [2.75, 3.05) is 0 Å². The van der Waals surface area contributed by atoms with E-state index in [1.165, 1.54) is 16.0 Å². The number of aryl methyl sites for hydroxylation is 2. The quantitative estimate of drug-likeness (QED) is 0.634. The number of aromatic nitrogens is 2.